The van der Waals surface area contributed by atoms with Crippen molar-refractivity contribution in [3.8, 4) is 0 Å². The molecule has 0 bridgehead atoms. The first-order valence-electron chi connectivity index (χ1n) is 9.37. The van der Waals surface area contributed by atoms with Gasteiger partial charge >= 0.3 is 5.97 Å². The number of aryl methyl sites for hydroxylation is 2. The molecule has 0 saturated carbocycles. The van der Waals surface area contributed by atoms with Crippen molar-refractivity contribution in [2.75, 3.05) is 32.8 Å². The second kappa shape index (κ2) is 9.61. The fourth-order valence-corrected chi connectivity index (χ4v) is 3.44. The molecule has 1 fully saturated rings. The molecule has 2 heterocycles. The summed E-state index contributed by atoms with van der Waals surface area (Å²) < 4.78 is 5.10. The Morgan fingerprint density at radius 3 is 2.60 bits per heavy atom. The number of hydrogen-bond donors (Lipinski definition) is 2. The molecule has 1 aliphatic heterocycles. The van der Waals surface area contributed by atoms with Gasteiger partial charge in [0.1, 0.15) is 0 Å². The van der Waals surface area contributed by atoms with E-state index >= 15 is 0 Å². The van der Waals surface area contributed by atoms with Crippen molar-refractivity contribution in [2.45, 2.75) is 52.9 Å². The van der Waals surface area contributed by atoms with E-state index in [-0.39, 0.29) is 11.9 Å². The number of piperidine rings is 1. The monoisotopic (exact) mass is 349 g/mol. The Balaban J connectivity index is 1.77. The van der Waals surface area contributed by atoms with Gasteiger partial charge in [-0.15, -0.1) is 0 Å². The number of amides is 1. The van der Waals surface area contributed by atoms with Crippen LogP contribution in [0.15, 0.2) is 0 Å². The number of H-pyrrole nitrogens is 1. The topological polar surface area (TPSA) is 74.4 Å². The zero-order chi connectivity index (χ0) is 18.2. The Labute approximate surface area is 150 Å². The van der Waals surface area contributed by atoms with Gasteiger partial charge in [-0.2, -0.15) is 0 Å². The zero-order valence-corrected chi connectivity index (χ0v) is 15.7. The third-order valence-electron chi connectivity index (χ3n) is 4.82. The molecule has 6 nitrogen and oxygen atoms in total. The molecule has 25 heavy (non-hydrogen) atoms. The lowest BCUT2D eigenvalue weighted by atomic mass is 10.1. The van der Waals surface area contributed by atoms with Gasteiger partial charge in [-0.25, -0.2) is 4.79 Å². The number of aromatic nitrogens is 1. The van der Waals surface area contributed by atoms with E-state index in [1.54, 1.807) is 6.92 Å². The summed E-state index contributed by atoms with van der Waals surface area (Å²) in [7, 11) is 0. The number of carbonyl (C=O) groups is 2. The standard InChI is InChI=1S/C19H31N3O3/c1-4-25-19(24)18-14(2)16(21-15(18)3)8-9-17(23)20-10-13-22-11-6-5-7-12-22/h21H,4-13H2,1-3H3,(H,20,23). The van der Waals surface area contributed by atoms with Crippen LogP contribution in [-0.2, 0) is 16.0 Å². The Bertz CT molecular complexity index is 589. The highest BCUT2D eigenvalue weighted by Gasteiger charge is 2.19. The van der Waals surface area contributed by atoms with E-state index < -0.39 is 0 Å². The van der Waals surface area contributed by atoms with Crippen molar-refractivity contribution in [2.24, 2.45) is 0 Å². The summed E-state index contributed by atoms with van der Waals surface area (Å²) in [5.41, 5.74) is 3.22. The normalized spacial score (nSPS) is 15.2. The van der Waals surface area contributed by atoms with E-state index in [4.69, 9.17) is 4.74 Å². The predicted molar refractivity (Wildman–Crippen MR) is 97.8 cm³/mol. The molecule has 0 aromatic carbocycles. The van der Waals surface area contributed by atoms with Crippen molar-refractivity contribution in [1.29, 1.82) is 0 Å². The molecule has 1 aromatic rings. The highest BCUT2D eigenvalue weighted by molar-refractivity contribution is 5.92. The molecule has 0 atom stereocenters. The van der Waals surface area contributed by atoms with Crippen LogP contribution in [0.4, 0.5) is 0 Å². The number of nitrogens with one attached hydrogen (secondary N) is 2. The molecule has 6 heteroatoms. The molecule has 0 unspecified atom stereocenters. The van der Waals surface area contributed by atoms with Crippen LogP contribution in [0.3, 0.4) is 0 Å². The third-order valence-corrected chi connectivity index (χ3v) is 4.82. The first-order valence-corrected chi connectivity index (χ1v) is 9.37. The Morgan fingerprint density at radius 1 is 1.20 bits per heavy atom. The maximum Gasteiger partial charge on any atom is 0.340 e. The molecule has 2 N–H and O–H groups in total. The number of likely N-dealkylation sites (tertiary alicyclic amines) is 1. The lowest BCUT2D eigenvalue weighted by Crippen LogP contribution is -2.37. The molecule has 2 rings (SSSR count). The van der Waals surface area contributed by atoms with Crippen molar-refractivity contribution >= 4 is 11.9 Å². The fourth-order valence-electron chi connectivity index (χ4n) is 3.44. The van der Waals surface area contributed by atoms with Crippen LogP contribution in [0.25, 0.3) is 0 Å². The van der Waals surface area contributed by atoms with E-state index in [1.807, 2.05) is 13.8 Å². The van der Waals surface area contributed by atoms with Gasteiger partial charge in [-0.1, -0.05) is 6.42 Å². The summed E-state index contributed by atoms with van der Waals surface area (Å²) in [5.74, 6) is -0.243. The number of hydrogen-bond acceptors (Lipinski definition) is 4. The van der Waals surface area contributed by atoms with Gasteiger partial charge in [0.05, 0.1) is 12.2 Å². The summed E-state index contributed by atoms with van der Waals surface area (Å²) in [6.07, 6.45) is 4.88. The van der Waals surface area contributed by atoms with Crippen molar-refractivity contribution in [3.05, 3.63) is 22.5 Å². The highest BCUT2D eigenvalue weighted by atomic mass is 16.5. The summed E-state index contributed by atoms with van der Waals surface area (Å²) in [6, 6.07) is 0. The molecule has 0 spiro atoms. The first kappa shape index (κ1) is 19.5. The molecule has 140 valence electrons. The third kappa shape index (κ3) is 5.59. The summed E-state index contributed by atoms with van der Waals surface area (Å²) >= 11 is 0. The average Bonchev–Trinajstić information content (AvgIpc) is 2.88. The van der Waals surface area contributed by atoms with Crippen molar-refractivity contribution in [1.82, 2.24) is 15.2 Å². The summed E-state index contributed by atoms with van der Waals surface area (Å²) in [4.78, 5) is 29.7. The van der Waals surface area contributed by atoms with Crippen molar-refractivity contribution in [3.63, 3.8) is 0 Å². The predicted octanol–water partition coefficient (Wildman–Crippen LogP) is 2.34. The van der Waals surface area contributed by atoms with Gasteiger partial charge in [0.15, 0.2) is 0 Å². The zero-order valence-electron chi connectivity index (χ0n) is 15.7. The van der Waals surface area contributed by atoms with Gasteiger partial charge in [-0.3, -0.25) is 4.79 Å². The Morgan fingerprint density at radius 2 is 1.92 bits per heavy atom. The molecule has 1 aromatic heterocycles. The number of rotatable bonds is 8. The maximum absolute atomic E-state index is 12.1. The average molecular weight is 349 g/mol. The van der Waals surface area contributed by atoms with E-state index in [2.05, 4.69) is 15.2 Å². The van der Waals surface area contributed by atoms with Gasteiger partial charge in [-0.05, 0) is 58.7 Å². The molecular weight excluding hydrogens is 318 g/mol. The lowest BCUT2D eigenvalue weighted by Gasteiger charge is -2.26. The van der Waals surface area contributed by atoms with Crippen LogP contribution in [-0.4, -0.2) is 54.5 Å². The van der Waals surface area contributed by atoms with Gasteiger partial charge < -0.3 is 19.9 Å². The second-order valence-electron chi connectivity index (χ2n) is 6.70. The van der Waals surface area contributed by atoms with Crippen LogP contribution in [0, 0.1) is 13.8 Å². The minimum atomic E-state index is -0.300. The summed E-state index contributed by atoms with van der Waals surface area (Å²) in [5, 5.41) is 3.00. The highest BCUT2D eigenvalue weighted by Crippen LogP contribution is 2.20. The minimum absolute atomic E-state index is 0.0568. The minimum Gasteiger partial charge on any atom is -0.462 e. The van der Waals surface area contributed by atoms with E-state index in [1.165, 1.54) is 19.3 Å². The number of ether oxygens (including phenoxy) is 1. The number of aromatic amines is 1. The Kier molecular flexibility index (Phi) is 7.50. The van der Waals surface area contributed by atoms with Crippen LogP contribution in [0.5, 0.6) is 0 Å². The molecular formula is C19H31N3O3. The van der Waals surface area contributed by atoms with Gasteiger partial charge in [0, 0.05) is 30.9 Å². The molecule has 0 radical (unpaired) electrons. The quantitative estimate of drug-likeness (QED) is 0.707. The van der Waals surface area contributed by atoms with Crippen LogP contribution in [0.1, 0.15) is 59.9 Å². The second-order valence-corrected chi connectivity index (χ2v) is 6.70. The maximum atomic E-state index is 12.1. The van der Waals surface area contributed by atoms with Crippen LogP contribution < -0.4 is 5.32 Å². The van der Waals surface area contributed by atoms with Gasteiger partial charge in [0.2, 0.25) is 5.91 Å². The van der Waals surface area contributed by atoms with E-state index in [0.717, 1.165) is 36.6 Å². The fraction of sp³-hybridized carbons (Fsp3) is 0.684. The van der Waals surface area contributed by atoms with Crippen LogP contribution >= 0.6 is 0 Å². The van der Waals surface area contributed by atoms with E-state index in [0.29, 0.717) is 31.6 Å². The molecule has 1 saturated heterocycles. The largest absolute Gasteiger partial charge is 0.462 e. The molecule has 1 aliphatic rings. The first-order chi connectivity index (χ1) is 12.0. The Hall–Kier alpha value is -1.82. The lowest BCUT2D eigenvalue weighted by molar-refractivity contribution is -0.121. The van der Waals surface area contributed by atoms with E-state index in [9.17, 15) is 9.59 Å². The summed E-state index contributed by atoms with van der Waals surface area (Å²) in [6.45, 7) is 9.85. The number of carbonyl (C=O) groups excluding carboxylic acids is 2. The number of nitrogens with zero attached hydrogens (tertiary/aromatic N) is 1. The SMILES string of the molecule is CCOC(=O)c1c(C)[nH]c(CCC(=O)NCCN2CCCCC2)c1C. The molecule has 1 amide bonds. The van der Waals surface area contributed by atoms with Crippen LogP contribution in [0.2, 0.25) is 0 Å². The van der Waals surface area contributed by atoms with Crippen molar-refractivity contribution < 1.29 is 14.3 Å². The molecule has 0 aliphatic carbocycles. The van der Waals surface area contributed by atoms with Gasteiger partial charge in [0.25, 0.3) is 0 Å². The number of esters is 1. The smallest absolute Gasteiger partial charge is 0.340 e.